The highest BCUT2D eigenvalue weighted by molar-refractivity contribution is 5.85. The number of carbonyl (C=O) groups excluding carboxylic acids is 1. The van der Waals surface area contributed by atoms with Crippen molar-refractivity contribution in [3.05, 3.63) is 12.3 Å². The van der Waals surface area contributed by atoms with Crippen molar-refractivity contribution in [1.82, 2.24) is 0 Å². The van der Waals surface area contributed by atoms with Gasteiger partial charge in [-0.2, -0.15) is 0 Å². The Labute approximate surface area is 173 Å². The molecule has 3 heteroatoms. The van der Waals surface area contributed by atoms with Crippen molar-refractivity contribution in [3.63, 3.8) is 0 Å². The molecular weight excluding hydrogens is 348 g/mol. The standard InChI is InChI=1S/C25H44O3/c1-3-4-5-6-7-8-9-10-11-21-12-14-22(15-13-21)23-16-18-24(19-17-23)28-25(27)20(2)26/h21-24,26H,2-19H2,1H3. The van der Waals surface area contributed by atoms with Crippen LogP contribution in [0.5, 0.6) is 0 Å². The zero-order valence-electron chi connectivity index (χ0n) is 18.3. The molecule has 0 bridgehead atoms. The largest absolute Gasteiger partial charge is 0.502 e. The molecule has 0 aliphatic heterocycles. The third-order valence-electron chi connectivity index (χ3n) is 7.25. The highest BCUT2D eigenvalue weighted by Gasteiger charge is 2.32. The van der Waals surface area contributed by atoms with E-state index < -0.39 is 11.7 Å². The van der Waals surface area contributed by atoms with Gasteiger partial charge in [0.1, 0.15) is 6.10 Å². The number of unbranched alkanes of at least 4 members (excludes halogenated alkanes) is 7. The summed E-state index contributed by atoms with van der Waals surface area (Å²) in [6, 6.07) is 0. The zero-order valence-corrected chi connectivity index (χ0v) is 18.3. The van der Waals surface area contributed by atoms with Gasteiger partial charge in [-0.1, -0.05) is 77.6 Å². The van der Waals surface area contributed by atoms with E-state index in [0.29, 0.717) is 0 Å². The number of aliphatic hydroxyl groups excluding tert-OH is 1. The van der Waals surface area contributed by atoms with Gasteiger partial charge in [-0.25, -0.2) is 4.79 Å². The average Bonchev–Trinajstić information content (AvgIpc) is 2.71. The second-order valence-electron chi connectivity index (χ2n) is 9.43. The molecule has 2 aliphatic carbocycles. The van der Waals surface area contributed by atoms with Gasteiger partial charge in [0.15, 0.2) is 5.76 Å². The molecule has 2 aliphatic rings. The topological polar surface area (TPSA) is 46.5 Å². The van der Waals surface area contributed by atoms with Gasteiger partial charge >= 0.3 is 5.97 Å². The molecule has 0 saturated heterocycles. The maximum atomic E-state index is 11.4. The van der Waals surface area contributed by atoms with Crippen molar-refractivity contribution in [2.75, 3.05) is 0 Å². The molecule has 0 amide bonds. The fourth-order valence-corrected chi connectivity index (χ4v) is 5.41. The highest BCUT2D eigenvalue weighted by Crippen LogP contribution is 2.41. The van der Waals surface area contributed by atoms with E-state index in [9.17, 15) is 4.79 Å². The lowest BCUT2D eigenvalue weighted by atomic mass is 9.70. The summed E-state index contributed by atoms with van der Waals surface area (Å²) in [6.07, 6.45) is 22.7. The lowest BCUT2D eigenvalue weighted by Crippen LogP contribution is -2.30. The molecule has 3 nitrogen and oxygen atoms in total. The Kier molecular flexibility index (Phi) is 11.0. The minimum absolute atomic E-state index is 0.0223. The summed E-state index contributed by atoms with van der Waals surface area (Å²) in [6.45, 7) is 5.53. The van der Waals surface area contributed by atoms with Crippen molar-refractivity contribution in [2.24, 2.45) is 17.8 Å². The van der Waals surface area contributed by atoms with E-state index in [1.807, 2.05) is 0 Å². The van der Waals surface area contributed by atoms with Crippen LogP contribution in [0.4, 0.5) is 0 Å². The first-order chi connectivity index (χ1) is 13.6. The number of hydrogen-bond donors (Lipinski definition) is 1. The van der Waals surface area contributed by atoms with Gasteiger partial charge < -0.3 is 9.84 Å². The Morgan fingerprint density at radius 2 is 1.32 bits per heavy atom. The van der Waals surface area contributed by atoms with Crippen LogP contribution in [0.3, 0.4) is 0 Å². The molecule has 2 rings (SSSR count). The number of ether oxygens (including phenoxy) is 1. The van der Waals surface area contributed by atoms with Crippen molar-refractivity contribution >= 4 is 5.97 Å². The minimum atomic E-state index is -0.648. The summed E-state index contributed by atoms with van der Waals surface area (Å²) in [4.78, 5) is 11.4. The lowest BCUT2D eigenvalue weighted by molar-refractivity contribution is -0.149. The smallest absolute Gasteiger partial charge is 0.372 e. The fourth-order valence-electron chi connectivity index (χ4n) is 5.41. The van der Waals surface area contributed by atoms with Gasteiger partial charge in [-0.15, -0.1) is 0 Å². The summed E-state index contributed by atoms with van der Waals surface area (Å²) in [5.74, 6) is 1.56. The van der Waals surface area contributed by atoms with Crippen molar-refractivity contribution in [1.29, 1.82) is 0 Å². The van der Waals surface area contributed by atoms with Crippen LogP contribution in [0.2, 0.25) is 0 Å². The van der Waals surface area contributed by atoms with Gasteiger partial charge in [-0.05, 0) is 62.9 Å². The van der Waals surface area contributed by atoms with Gasteiger partial charge in [0.25, 0.3) is 0 Å². The summed E-state index contributed by atoms with van der Waals surface area (Å²) >= 11 is 0. The Bertz CT molecular complexity index is 443. The third kappa shape index (κ3) is 8.57. The van der Waals surface area contributed by atoms with Crippen LogP contribution >= 0.6 is 0 Å². The van der Waals surface area contributed by atoms with Gasteiger partial charge in [0.2, 0.25) is 0 Å². The minimum Gasteiger partial charge on any atom is -0.502 e. The summed E-state index contributed by atoms with van der Waals surface area (Å²) < 4.78 is 5.31. The maximum absolute atomic E-state index is 11.4. The SMILES string of the molecule is C=C(O)C(=O)OC1CCC(C2CCC(CCCCCCCCCC)CC2)CC1. The predicted octanol–water partition coefficient (Wildman–Crippen LogP) is 7.50. The quantitative estimate of drug-likeness (QED) is 0.162. The number of rotatable bonds is 12. The third-order valence-corrected chi connectivity index (χ3v) is 7.25. The Balaban J connectivity index is 1.51. The van der Waals surface area contributed by atoms with Crippen molar-refractivity contribution in [3.8, 4) is 0 Å². The van der Waals surface area contributed by atoms with Crippen LogP contribution in [-0.4, -0.2) is 17.2 Å². The molecular formula is C25H44O3. The number of aliphatic hydroxyl groups is 1. The first-order valence-electron chi connectivity index (χ1n) is 12.2. The number of hydrogen-bond acceptors (Lipinski definition) is 3. The molecule has 28 heavy (non-hydrogen) atoms. The van der Waals surface area contributed by atoms with Crippen molar-refractivity contribution < 1.29 is 14.6 Å². The molecule has 0 heterocycles. The molecule has 0 spiro atoms. The second kappa shape index (κ2) is 13.3. The first kappa shape index (κ1) is 23.3. The zero-order chi connectivity index (χ0) is 20.2. The maximum Gasteiger partial charge on any atom is 0.372 e. The first-order valence-corrected chi connectivity index (χ1v) is 12.2. The molecule has 0 aromatic heterocycles. The van der Waals surface area contributed by atoms with Crippen LogP contribution in [0.1, 0.15) is 116 Å². The fraction of sp³-hybridized carbons (Fsp3) is 0.880. The predicted molar refractivity (Wildman–Crippen MR) is 116 cm³/mol. The molecule has 0 radical (unpaired) electrons. The Morgan fingerprint density at radius 3 is 1.86 bits per heavy atom. The van der Waals surface area contributed by atoms with E-state index in [2.05, 4.69) is 13.5 Å². The van der Waals surface area contributed by atoms with Gasteiger partial charge in [0, 0.05) is 0 Å². The monoisotopic (exact) mass is 392 g/mol. The normalized spacial score (nSPS) is 28.0. The summed E-state index contributed by atoms with van der Waals surface area (Å²) in [5, 5.41) is 9.10. The molecule has 0 aromatic carbocycles. The number of carbonyl (C=O) groups is 1. The summed E-state index contributed by atoms with van der Waals surface area (Å²) in [7, 11) is 0. The molecule has 0 atom stereocenters. The Hall–Kier alpha value is -0.990. The van der Waals surface area contributed by atoms with Crippen LogP contribution in [-0.2, 0) is 9.53 Å². The van der Waals surface area contributed by atoms with Gasteiger partial charge in [0.05, 0.1) is 0 Å². The van der Waals surface area contributed by atoms with Crippen molar-refractivity contribution in [2.45, 2.75) is 122 Å². The lowest BCUT2D eigenvalue weighted by Gasteiger charge is -2.37. The molecule has 1 N–H and O–H groups in total. The van der Waals surface area contributed by atoms with Crippen LogP contribution in [0.15, 0.2) is 12.3 Å². The average molecular weight is 393 g/mol. The number of esters is 1. The van der Waals surface area contributed by atoms with Gasteiger partial charge in [-0.3, -0.25) is 0 Å². The van der Waals surface area contributed by atoms with E-state index in [1.165, 1.54) is 96.3 Å². The summed E-state index contributed by atoms with van der Waals surface area (Å²) in [5.41, 5.74) is 0. The molecule has 0 unspecified atom stereocenters. The van der Waals surface area contributed by atoms with E-state index >= 15 is 0 Å². The van der Waals surface area contributed by atoms with Crippen LogP contribution < -0.4 is 0 Å². The second-order valence-corrected chi connectivity index (χ2v) is 9.43. The Morgan fingerprint density at radius 1 is 0.821 bits per heavy atom. The highest BCUT2D eigenvalue weighted by atomic mass is 16.6. The van der Waals surface area contributed by atoms with E-state index in [0.717, 1.165) is 30.6 Å². The molecule has 0 aromatic rings. The van der Waals surface area contributed by atoms with Crippen LogP contribution in [0, 0.1) is 17.8 Å². The molecule has 162 valence electrons. The van der Waals surface area contributed by atoms with E-state index in [4.69, 9.17) is 9.84 Å². The molecule has 2 fully saturated rings. The molecule has 2 saturated carbocycles. The van der Waals surface area contributed by atoms with Crippen LogP contribution in [0.25, 0.3) is 0 Å². The van der Waals surface area contributed by atoms with E-state index in [1.54, 1.807) is 0 Å². The van der Waals surface area contributed by atoms with E-state index in [-0.39, 0.29) is 6.10 Å².